The van der Waals surface area contributed by atoms with Gasteiger partial charge in [-0.2, -0.15) is 9.49 Å². The molecule has 6 nitrogen and oxygen atoms in total. The second kappa shape index (κ2) is 7.02. The summed E-state index contributed by atoms with van der Waals surface area (Å²) in [6.45, 7) is 7.06. The molecule has 0 aliphatic rings. The van der Waals surface area contributed by atoms with Crippen molar-refractivity contribution in [1.82, 2.24) is 20.1 Å². The van der Waals surface area contributed by atoms with E-state index in [-0.39, 0.29) is 5.69 Å². The largest absolute Gasteiger partial charge is 0.336 e. The van der Waals surface area contributed by atoms with Crippen LogP contribution in [0.5, 0.6) is 0 Å². The molecule has 0 bridgehead atoms. The van der Waals surface area contributed by atoms with E-state index < -0.39 is 12.0 Å². The number of hydrogen-bond acceptors (Lipinski definition) is 3. The van der Waals surface area contributed by atoms with Gasteiger partial charge in [0.2, 0.25) is 5.95 Å². The molecular formula is C15H20FN5O. The summed E-state index contributed by atoms with van der Waals surface area (Å²) in [5, 5.41) is 9.55. The van der Waals surface area contributed by atoms with Gasteiger partial charge in [0.25, 0.3) is 0 Å². The summed E-state index contributed by atoms with van der Waals surface area (Å²) < 4.78 is 15.2. The predicted octanol–water partition coefficient (Wildman–Crippen LogP) is 2.42. The van der Waals surface area contributed by atoms with Crippen molar-refractivity contribution in [2.75, 3.05) is 11.9 Å². The van der Waals surface area contributed by atoms with Crippen LogP contribution in [-0.4, -0.2) is 27.3 Å². The molecule has 0 spiro atoms. The van der Waals surface area contributed by atoms with E-state index in [1.165, 1.54) is 17.8 Å². The maximum absolute atomic E-state index is 13.3. The zero-order valence-corrected chi connectivity index (χ0v) is 13.0. The van der Waals surface area contributed by atoms with Crippen molar-refractivity contribution in [3.8, 4) is 0 Å². The van der Waals surface area contributed by atoms with E-state index in [1.54, 1.807) is 6.07 Å². The minimum absolute atomic E-state index is 0.0550. The predicted molar refractivity (Wildman–Crippen MR) is 82.3 cm³/mol. The fourth-order valence-corrected chi connectivity index (χ4v) is 2.38. The molecule has 0 atom stereocenters. The quantitative estimate of drug-likeness (QED) is 0.833. The normalized spacial score (nSPS) is 10.5. The Morgan fingerprint density at radius 3 is 2.82 bits per heavy atom. The van der Waals surface area contributed by atoms with Crippen LogP contribution in [0, 0.1) is 19.8 Å². The second-order valence-corrected chi connectivity index (χ2v) is 4.95. The summed E-state index contributed by atoms with van der Waals surface area (Å²) in [5.74, 6) is -0.705. The molecule has 7 heteroatoms. The van der Waals surface area contributed by atoms with Crippen molar-refractivity contribution >= 4 is 11.7 Å². The molecule has 2 rings (SSSR count). The molecule has 0 unspecified atom stereocenters. The number of anilines is 1. The third kappa shape index (κ3) is 3.60. The van der Waals surface area contributed by atoms with Crippen molar-refractivity contribution in [2.45, 2.75) is 33.7 Å². The lowest BCUT2D eigenvalue weighted by Gasteiger charge is -2.09. The van der Waals surface area contributed by atoms with Crippen LogP contribution < -0.4 is 10.6 Å². The van der Waals surface area contributed by atoms with E-state index in [9.17, 15) is 9.18 Å². The van der Waals surface area contributed by atoms with Gasteiger partial charge in [0, 0.05) is 18.4 Å². The van der Waals surface area contributed by atoms with Crippen LogP contribution >= 0.6 is 0 Å². The van der Waals surface area contributed by atoms with Crippen LogP contribution in [0.2, 0.25) is 0 Å². The molecule has 0 fully saturated rings. The Labute approximate surface area is 128 Å². The molecule has 0 aliphatic heterocycles. The Balaban J connectivity index is 1.86. The third-order valence-corrected chi connectivity index (χ3v) is 3.50. The smallest absolute Gasteiger partial charge is 0.319 e. The van der Waals surface area contributed by atoms with Crippen molar-refractivity contribution < 1.29 is 9.18 Å². The standard InChI is InChI=1S/C15H20FN5O/c1-4-12-10(2)20-21(11(12)3)9-8-18-15(22)19-13-6-5-7-17-14(13)16/h5-7H,4,8-9H2,1-3H3,(H2,18,19,22). The van der Waals surface area contributed by atoms with Crippen LogP contribution in [0.25, 0.3) is 0 Å². The number of amides is 2. The monoisotopic (exact) mass is 305 g/mol. The number of rotatable bonds is 5. The topological polar surface area (TPSA) is 71.8 Å². The van der Waals surface area contributed by atoms with Gasteiger partial charge in [-0.25, -0.2) is 9.78 Å². The SMILES string of the molecule is CCc1c(C)nn(CCNC(=O)Nc2cccnc2F)c1C. The molecular weight excluding hydrogens is 285 g/mol. The van der Waals surface area contributed by atoms with Gasteiger partial charge in [-0.15, -0.1) is 0 Å². The van der Waals surface area contributed by atoms with Crippen molar-refractivity contribution in [3.05, 3.63) is 41.2 Å². The van der Waals surface area contributed by atoms with Crippen LogP contribution in [0.3, 0.4) is 0 Å². The third-order valence-electron chi connectivity index (χ3n) is 3.50. The number of nitrogens with zero attached hydrogens (tertiary/aromatic N) is 3. The van der Waals surface area contributed by atoms with E-state index in [1.807, 2.05) is 18.5 Å². The van der Waals surface area contributed by atoms with Gasteiger partial charge >= 0.3 is 6.03 Å². The van der Waals surface area contributed by atoms with Crippen molar-refractivity contribution in [1.29, 1.82) is 0 Å². The zero-order chi connectivity index (χ0) is 16.1. The summed E-state index contributed by atoms with van der Waals surface area (Å²) in [4.78, 5) is 15.2. The molecule has 22 heavy (non-hydrogen) atoms. The number of urea groups is 1. The number of aromatic nitrogens is 3. The Morgan fingerprint density at radius 2 is 2.18 bits per heavy atom. The summed E-state index contributed by atoms with van der Waals surface area (Å²) >= 11 is 0. The first-order valence-electron chi connectivity index (χ1n) is 7.21. The van der Waals surface area contributed by atoms with Gasteiger partial charge in [0.15, 0.2) is 0 Å². The molecule has 2 aromatic heterocycles. The van der Waals surface area contributed by atoms with Gasteiger partial charge in [-0.3, -0.25) is 4.68 Å². The molecule has 2 aromatic rings. The highest BCUT2D eigenvalue weighted by atomic mass is 19.1. The lowest BCUT2D eigenvalue weighted by molar-refractivity contribution is 0.251. The maximum atomic E-state index is 13.3. The summed E-state index contributed by atoms with van der Waals surface area (Å²) in [7, 11) is 0. The lowest BCUT2D eigenvalue weighted by Crippen LogP contribution is -2.32. The minimum Gasteiger partial charge on any atom is -0.336 e. The average Bonchev–Trinajstić information content (AvgIpc) is 2.75. The zero-order valence-electron chi connectivity index (χ0n) is 13.0. The van der Waals surface area contributed by atoms with E-state index >= 15 is 0 Å². The number of hydrogen-bond donors (Lipinski definition) is 2. The van der Waals surface area contributed by atoms with Gasteiger partial charge in [-0.05, 0) is 38.0 Å². The first-order valence-corrected chi connectivity index (χ1v) is 7.21. The second-order valence-electron chi connectivity index (χ2n) is 4.95. The highest BCUT2D eigenvalue weighted by molar-refractivity contribution is 5.89. The van der Waals surface area contributed by atoms with E-state index in [4.69, 9.17) is 0 Å². The van der Waals surface area contributed by atoms with E-state index in [0.29, 0.717) is 13.1 Å². The molecule has 0 aromatic carbocycles. The summed E-state index contributed by atoms with van der Waals surface area (Å²) in [5.41, 5.74) is 3.42. The van der Waals surface area contributed by atoms with E-state index in [0.717, 1.165) is 17.8 Å². The van der Waals surface area contributed by atoms with Crippen LogP contribution in [-0.2, 0) is 13.0 Å². The highest BCUT2D eigenvalue weighted by Crippen LogP contribution is 2.13. The number of nitrogens with one attached hydrogen (secondary N) is 2. The molecule has 2 amide bonds. The molecule has 0 saturated heterocycles. The lowest BCUT2D eigenvalue weighted by atomic mass is 10.1. The van der Waals surface area contributed by atoms with Crippen LogP contribution in [0.15, 0.2) is 18.3 Å². The fraction of sp³-hybridized carbons (Fsp3) is 0.400. The Kier molecular flexibility index (Phi) is 5.08. The number of carbonyl (C=O) groups is 1. The summed E-state index contributed by atoms with van der Waals surface area (Å²) in [6.07, 6.45) is 2.26. The number of halogens is 1. The van der Waals surface area contributed by atoms with Gasteiger partial charge < -0.3 is 10.6 Å². The first kappa shape index (κ1) is 15.9. The van der Waals surface area contributed by atoms with Crippen LogP contribution in [0.4, 0.5) is 14.9 Å². The van der Waals surface area contributed by atoms with Crippen LogP contribution in [0.1, 0.15) is 23.9 Å². The summed E-state index contributed by atoms with van der Waals surface area (Å²) in [6, 6.07) is 2.54. The maximum Gasteiger partial charge on any atom is 0.319 e. The fourth-order valence-electron chi connectivity index (χ4n) is 2.38. The van der Waals surface area contributed by atoms with Gasteiger partial charge in [-0.1, -0.05) is 6.92 Å². The molecule has 2 heterocycles. The van der Waals surface area contributed by atoms with Crippen molar-refractivity contribution in [2.24, 2.45) is 0 Å². The van der Waals surface area contributed by atoms with Crippen molar-refractivity contribution in [3.63, 3.8) is 0 Å². The Hall–Kier alpha value is -2.44. The Morgan fingerprint density at radius 1 is 1.41 bits per heavy atom. The van der Waals surface area contributed by atoms with E-state index in [2.05, 4.69) is 27.6 Å². The highest BCUT2D eigenvalue weighted by Gasteiger charge is 2.10. The number of aryl methyl sites for hydroxylation is 1. The molecule has 118 valence electrons. The first-order chi connectivity index (χ1) is 10.5. The number of pyridine rings is 1. The minimum atomic E-state index is -0.705. The molecule has 2 N–H and O–H groups in total. The average molecular weight is 305 g/mol. The molecule has 0 saturated carbocycles. The van der Waals surface area contributed by atoms with Gasteiger partial charge in [0.1, 0.15) is 0 Å². The molecule has 0 aliphatic carbocycles. The van der Waals surface area contributed by atoms with Gasteiger partial charge in [0.05, 0.1) is 17.9 Å². The number of carbonyl (C=O) groups excluding carboxylic acids is 1. The Bertz CT molecular complexity index is 668. The molecule has 0 radical (unpaired) electrons.